The highest BCUT2D eigenvalue weighted by Gasteiger charge is 2.02. The summed E-state index contributed by atoms with van der Waals surface area (Å²) >= 11 is 1.80. The van der Waals surface area contributed by atoms with Crippen molar-refractivity contribution >= 4 is 11.3 Å². The van der Waals surface area contributed by atoms with Crippen molar-refractivity contribution in [2.75, 3.05) is 0 Å². The zero-order valence-corrected chi connectivity index (χ0v) is 6.61. The van der Waals surface area contributed by atoms with Crippen molar-refractivity contribution in [2.24, 2.45) is 0 Å². The third-order valence-corrected chi connectivity index (χ3v) is 2.57. The molecule has 0 radical (unpaired) electrons. The average Bonchev–Trinajstić information content (AvgIpc) is 2.36. The molecule has 2 rings (SSSR count). The first-order valence-electron chi connectivity index (χ1n) is 3.31. The van der Waals surface area contributed by atoms with Gasteiger partial charge in [0.05, 0.1) is 0 Å². The van der Waals surface area contributed by atoms with Gasteiger partial charge in [0.15, 0.2) is 0 Å². The summed E-state index contributed by atoms with van der Waals surface area (Å²) in [7, 11) is 0. The second kappa shape index (κ2) is 2.10. The maximum atomic E-state index is 2.17. The van der Waals surface area contributed by atoms with Crippen molar-refractivity contribution in [3.8, 4) is 11.1 Å². The molecule has 0 aromatic rings. The Hall–Kier alpha value is -0.820. The van der Waals surface area contributed by atoms with Crippen molar-refractivity contribution in [2.45, 2.75) is 6.92 Å². The van der Waals surface area contributed by atoms with Crippen LogP contribution < -0.4 is 0 Å². The second-order valence-electron chi connectivity index (χ2n) is 2.37. The number of hydrogen-bond acceptors (Lipinski definition) is 1. The van der Waals surface area contributed by atoms with E-state index in [-0.39, 0.29) is 0 Å². The van der Waals surface area contributed by atoms with E-state index in [2.05, 4.69) is 36.6 Å². The Kier molecular flexibility index (Phi) is 1.24. The second-order valence-corrected chi connectivity index (χ2v) is 3.49. The molecule has 1 aliphatic carbocycles. The Morgan fingerprint density at radius 2 is 2.10 bits per heavy atom. The minimum atomic E-state index is 1.36. The first-order valence-corrected chi connectivity index (χ1v) is 4.19. The first-order chi connectivity index (χ1) is 4.88. The van der Waals surface area contributed by atoms with Gasteiger partial charge in [-0.15, -0.1) is 11.3 Å². The summed E-state index contributed by atoms with van der Waals surface area (Å²) in [6.45, 7) is 2.16. The Labute approximate surface area is 64.5 Å². The Bertz CT molecular complexity index is 309. The zero-order chi connectivity index (χ0) is 6.97. The molecule has 0 saturated carbocycles. The summed E-state index contributed by atoms with van der Waals surface area (Å²) in [5, 5.41) is 2.14. The molecule has 50 valence electrons. The molecule has 0 aromatic carbocycles. The number of rotatable bonds is 0. The lowest BCUT2D eigenvalue weighted by molar-refractivity contribution is 1.61. The predicted octanol–water partition coefficient (Wildman–Crippen LogP) is 3.16. The molecule has 2 aliphatic rings. The maximum Gasteiger partial charge on any atom is 0.00922 e. The van der Waals surface area contributed by atoms with Gasteiger partial charge in [0.2, 0.25) is 0 Å². The molecular formula is C9H8S. The predicted molar refractivity (Wildman–Crippen MR) is 45.7 cm³/mol. The van der Waals surface area contributed by atoms with Gasteiger partial charge in [-0.05, 0) is 29.5 Å². The van der Waals surface area contributed by atoms with Crippen molar-refractivity contribution < 1.29 is 0 Å². The fourth-order valence-corrected chi connectivity index (χ4v) is 1.90. The fraction of sp³-hybridized carbons (Fsp3) is 0.111. The van der Waals surface area contributed by atoms with Gasteiger partial charge in [-0.25, -0.2) is 0 Å². The van der Waals surface area contributed by atoms with Crippen molar-refractivity contribution in [1.29, 1.82) is 0 Å². The van der Waals surface area contributed by atoms with Crippen LogP contribution >= 0.6 is 11.3 Å². The van der Waals surface area contributed by atoms with Gasteiger partial charge in [0.25, 0.3) is 0 Å². The molecule has 0 bridgehead atoms. The summed E-state index contributed by atoms with van der Waals surface area (Å²) in [5.41, 5.74) is 2.75. The zero-order valence-electron chi connectivity index (χ0n) is 5.79. The molecule has 1 heterocycles. The van der Waals surface area contributed by atoms with E-state index < -0.39 is 0 Å². The van der Waals surface area contributed by atoms with Gasteiger partial charge < -0.3 is 0 Å². The standard InChI is InChI=1S/C9H8S/c1-7-9-4-2-3-8(9)5-6-10-7/h2-6H,1H3. The van der Waals surface area contributed by atoms with Gasteiger partial charge in [-0.3, -0.25) is 0 Å². The monoisotopic (exact) mass is 148 g/mol. The quantitative estimate of drug-likeness (QED) is 0.538. The third kappa shape index (κ3) is 0.745. The first kappa shape index (κ1) is 5.93. The lowest BCUT2D eigenvalue weighted by Gasteiger charge is -1.99. The number of hydrogen-bond donors (Lipinski definition) is 0. The maximum absolute atomic E-state index is 2.17. The van der Waals surface area contributed by atoms with Crippen LogP contribution in [0.5, 0.6) is 0 Å². The van der Waals surface area contributed by atoms with Crippen LogP contribution in [-0.2, 0) is 0 Å². The van der Waals surface area contributed by atoms with Gasteiger partial charge in [-0.1, -0.05) is 18.2 Å². The molecular weight excluding hydrogens is 140 g/mol. The van der Waals surface area contributed by atoms with Crippen LogP contribution in [0.1, 0.15) is 4.88 Å². The van der Waals surface area contributed by atoms with Crippen LogP contribution in [0.15, 0.2) is 29.6 Å². The molecule has 0 saturated heterocycles. The van der Waals surface area contributed by atoms with E-state index in [1.165, 1.54) is 16.0 Å². The summed E-state index contributed by atoms with van der Waals surface area (Å²) in [5.74, 6) is 0. The van der Waals surface area contributed by atoms with Crippen LogP contribution in [0.25, 0.3) is 11.1 Å². The molecule has 0 amide bonds. The molecule has 0 atom stereocenters. The minimum Gasteiger partial charge on any atom is -0.149 e. The van der Waals surface area contributed by atoms with Gasteiger partial charge in [0.1, 0.15) is 0 Å². The Morgan fingerprint density at radius 1 is 1.20 bits per heavy atom. The molecule has 0 N–H and O–H groups in total. The molecule has 10 heavy (non-hydrogen) atoms. The normalized spacial score (nSPS) is 10.5. The van der Waals surface area contributed by atoms with E-state index in [0.29, 0.717) is 0 Å². The van der Waals surface area contributed by atoms with Crippen molar-refractivity contribution in [3.05, 3.63) is 34.5 Å². The Morgan fingerprint density at radius 3 is 2.90 bits per heavy atom. The molecule has 0 fully saturated rings. The fourth-order valence-electron chi connectivity index (χ4n) is 1.17. The molecule has 0 unspecified atom stereocenters. The molecule has 1 heteroatoms. The SMILES string of the molecule is Cc1sccc2cccc1-2. The lowest BCUT2D eigenvalue weighted by atomic mass is 10.2. The van der Waals surface area contributed by atoms with E-state index in [9.17, 15) is 0 Å². The van der Waals surface area contributed by atoms with Crippen molar-refractivity contribution in [1.82, 2.24) is 0 Å². The van der Waals surface area contributed by atoms with Crippen LogP contribution in [0, 0.1) is 6.92 Å². The van der Waals surface area contributed by atoms with Crippen LogP contribution in [0.3, 0.4) is 0 Å². The average molecular weight is 148 g/mol. The molecule has 0 nitrogen and oxygen atoms in total. The van der Waals surface area contributed by atoms with Crippen LogP contribution in [-0.4, -0.2) is 0 Å². The topological polar surface area (TPSA) is 0 Å². The van der Waals surface area contributed by atoms with Gasteiger partial charge >= 0.3 is 0 Å². The van der Waals surface area contributed by atoms with Crippen LogP contribution in [0.2, 0.25) is 0 Å². The van der Waals surface area contributed by atoms with E-state index in [1.54, 1.807) is 11.3 Å². The third-order valence-electron chi connectivity index (χ3n) is 1.72. The minimum absolute atomic E-state index is 1.36. The Balaban J connectivity index is 2.80. The number of fused-ring (bicyclic) bond motifs is 1. The van der Waals surface area contributed by atoms with Crippen molar-refractivity contribution in [3.63, 3.8) is 0 Å². The summed E-state index contributed by atoms with van der Waals surface area (Å²) < 4.78 is 0. The molecule has 1 aliphatic heterocycles. The lowest BCUT2D eigenvalue weighted by Crippen LogP contribution is -1.73. The van der Waals surface area contributed by atoms with E-state index in [1.807, 2.05) is 0 Å². The number of aryl methyl sites for hydroxylation is 1. The van der Waals surface area contributed by atoms with Gasteiger partial charge in [0, 0.05) is 4.88 Å². The largest absolute Gasteiger partial charge is 0.149 e. The highest BCUT2D eigenvalue weighted by Crippen LogP contribution is 2.28. The summed E-state index contributed by atoms with van der Waals surface area (Å²) in [6, 6.07) is 8.58. The van der Waals surface area contributed by atoms with E-state index >= 15 is 0 Å². The van der Waals surface area contributed by atoms with E-state index in [4.69, 9.17) is 0 Å². The summed E-state index contributed by atoms with van der Waals surface area (Å²) in [4.78, 5) is 1.41. The smallest absolute Gasteiger partial charge is 0.00922 e. The molecule has 0 spiro atoms. The van der Waals surface area contributed by atoms with E-state index in [0.717, 1.165) is 0 Å². The van der Waals surface area contributed by atoms with Gasteiger partial charge in [-0.2, -0.15) is 0 Å². The highest BCUT2D eigenvalue weighted by atomic mass is 32.1. The molecule has 0 aromatic heterocycles. The van der Waals surface area contributed by atoms with Crippen LogP contribution in [0.4, 0.5) is 0 Å². The highest BCUT2D eigenvalue weighted by molar-refractivity contribution is 7.10. The summed E-state index contributed by atoms with van der Waals surface area (Å²) in [6.07, 6.45) is 0.